The van der Waals surface area contributed by atoms with E-state index in [1.165, 1.54) is 8.61 Å². The molecule has 2 unspecified atom stereocenters. The molecule has 1 aliphatic heterocycles. The average Bonchev–Trinajstić information content (AvgIpc) is 2.71. The smallest absolute Gasteiger partial charge is 0.304 e. The van der Waals surface area contributed by atoms with Gasteiger partial charge in [0.05, 0.1) is 29.5 Å². The van der Waals surface area contributed by atoms with Gasteiger partial charge in [-0.25, -0.2) is 0 Å². The van der Waals surface area contributed by atoms with E-state index < -0.39 is 15.8 Å². The molecule has 2 N–H and O–H groups in total. The Balaban J connectivity index is 1.26. The molecule has 8 nitrogen and oxygen atoms in total. The van der Waals surface area contributed by atoms with E-state index in [0.717, 1.165) is 32.1 Å². The molecular weight excluding hydrogens is 416 g/mol. The first-order valence-corrected chi connectivity index (χ1v) is 12.5. The van der Waals surface area contributed by atoms with Gasteiger partial charge in [-0.3, -0.25) is 9.10 Å². The lowest BCUT2D eigenvalue weighted by Crippen LogP contribution is -2.62. The van der Waals surface area contributed by atoms with Crippen molar-refractivity contribution in [3.8, 4) is 6.07 Å². The van der Waals surface area contributed by atoms with Crippen LogP contribution in [0.15, 0.2) is 24.3 Å². The summed E-state index contributed by atoms with van der Waals surface area (Å²) in [4.78, 5) is 12.9. The summed E-state index contributed by atoms with van der Waals surface area (Å²) in [5.74, 6) is 0.857. The van der Waals surface area contributed by atoms with Gasteiger partial charge in [0, 0.05) is 19.1 Å². The first kappa shape index (κ1) is 20.7. The molecule has 1 saturated heterocycles. The van der Waals surface area contributed by atoms with Gasteiger partial charge in [0.25, 0.3) is 0 Å². The van der Waals surface area contributed by atoms with E-state index >= 15 is 0 Å². The zero-order chi connectivity index (χ0) is 21.8. The number of carbonyl (C=O) groups is 1. The lowest BCUT2D eigenvalue weighted by Gasteiger charge is -2.58. The van der Waals surface area contributed by atoms with Crippen molar-refractivity contribution in [2.24, 2.45) is 17.8 Å². The zero-order valence-corrected chi connectivity index (χ0v) is 18.2. The molecule has 0 spiro atoms. The molecule has 166 valence electrons. The number of aliphatic hydroxyl groups is 1. The van der Waals surface area contributed by atoms with Crippen LogP contribution in [0, 0.1) is 29.1 Å². The molecule has 4 bridgehead atoms. The monoisotopic (exact) mass is 444 g/mol. The molecule has 1 aromatic rings. The highest BCUT2D eigenvalue weighted by Crippen LogP contribution is 2.55. The number of benzene rings is 1. The van der Waals surface area contributed by atoms with Gasteiger partial charge in [0.2, 0.25) is 5.91 Å². The third kappa shape index (κ3) is 3.71. The average molecular weight is 445 g/mol. The fourth-order valence-electron chi connectivity index (χ4n) is 6.49. The summed E-state index contributed by atoms with van der Waals surface area (Å²) in [5.41, 5.74) is 0.406. The third-order valence-corrected chi connectivity index (χ3v) is 9.46. The van der Waals surface area contributed by atoms with Crippen LogP contribution in [0.25, 0.3) is 0 Å². The van der Waals surface area contributed by atoms with E-state index in [4.69, 9.17) is 5.26 Å². The molecule has 4 saturated carbocycles. The predicted octanol–water partition coefficient (Wildman–Crippen LogP) is 1.37. The van der Waals surface area contributed by atoms with Crippen molar-refractivity contribution in [2.75, 3.05) is 23.9 Å². The molecule has 5 fully saturated rings. The Morgan fingerprint density at radius 3 is 2.45 bits per heavy atom. The van der Waals surface area contributed by atoms with Gasteiger partial charge < -0.3 is 10.4 Å². The predicted molar refractivity (Wildman–Crippen MR) is 114 cm³/mol. The molecule has 0 radical (unpaired) electrons. The Labute approximate surface area is 183 Å². The van der Waals surface area contributed by atoms with E-state index in [0.29, 0.717) is 36.7 Å². The van der Waals surface area contributed by atoms with Gasteiger partial charge in [-0.15, -0.1) is 0 Å². The number of amides is 1. The summed E-state index contributed by atoms with van der Waals surface area (Å²) in [6.45, 7) is 0.458. The van der Waals surface area contributed by atoms with Crippen molar-refractivity contribution in [1.82, 2.24) is 9.62 Å². The van der Waals surface area contributed by atoms with Gasteiger partial charge >= 0.3 is 10.2 Å². The molecule has 6 rings (SSSR count). The second-order valence-electron chi connectivity index (χ2n) is 9.71. The number of nitriles is 1. The normalized spacial score (nSPS) is 36.2. The number of nitrogens with zero attached hydrogens (tertiary/aromatic N) is 3. The molecular formula is C22H28N4O4S. The molecule has 9 heteroatoms. The molecule has 4 aliphatic carbocycles. The Kier molecular flexibility index (Phi) is 5.00. The van der Waals surface area contributed by atoms with Crippen molar-refractivity contribution >= 4 is 21.8 Å². The zero-order valence-electron chi connectivity index (χ0n) is 17.4. The van der Waals surface area contributed by atoms with Crippen molar-refractivity contribution in [3.63, 3.8) is 0 Å². The Hall–Kier alpha value is -2.15. The van der Waals surface area contributed by atoms with E-state index in [1.807, 2.05) is 6.07 Å². The first-order chi connectivity index (χ1) is 14.8. The van der Waals surface area contributed by atoms with E-state index in [9.17, 15) is 18.3 Å². The molecule has 1 aromatic carbocycles. The van der Waals surface area contributed by atoms with Crippen LogP contribution in [0.1, 0.15) is 44.1 Å². The minimum Gasteiger partial charge on any atom is -0.390 e. The fraction of sp³-hybridized carbons (Fsp3) is 0.636. The van der Waals surface area contributed by atoms with Gasteiger partial charge in [-0.1, -0.05) is 0 Å². The highest BCUT2D eigenvalue weighted by molar-refractivity contribution is 7.90. The SMILES string of the molecule is N#Cc1ccc(N2CCCN(CC(=O)NC3C4CC5CC3CC(O)(C5)C4)S2(=O)=O)cc1. The summed E-state index contributed by atoms with van der Waals surface area (Å²) in [5, 5.41) is 22.8. The Morgan fingerprint density at radius 1 is 1.16 bits per heavy atom. The molecule has 2 atom stereocenters. The summed E-state index contributed by atoms with van der Waals surface area (Å²) in [6.07, 6.45) is 5.06. The molecule has 1 amide bonds. The third-order valence-electron chi connectivity index (χ3n) is 7.55. The van der Waals surface area contributed by atoms with Crippen LogP contribution < -0.4 is 9.62 Å². The quantitative estimate of drug-likeness (QED) is 0.728. The van der Waals surface area contributed by atoms with Crippen LogP contribution in [0.5, 0.6) is 0 Å². The van der Waals surface area contributed by atoms with Crippen LogP contribution >= 0.6 is 0 Å². The summed E-state index contributed by atoms with van der Waals surface area (Å²) < 4.78 is 28.9. The standard InChI is InChI=1S/C22H28N4O4S/c23-13-15-2-4-19(5-3-15)26-7-1-6-25(31(26,29)30)14-20(27)24-21-17-8-16-9-18(21)12-22(28,10-16)11-17/h2-5,16-18,21,28H,1,6-12,14H2,(H,24,27). The lowest BCUT2D eigenvalue weighted by atomic mass is 9.52. The van der Waals surface area contributed by atoms with Crippen LogP contribution in [0.2, 0.25) is 0 Å². The van der Waals surface area contributed by atoms with Crippen molar-refractivity contribution < 1.29 is 18.3 Å². The van der Waals surface area contributed by atoms with Crippen molar-refractivity contribution in [1.29, 1.82) is 5.26 Å². The number of rotatable bonds is 4. The largest absolute Gasteiger partial charge is 0.390 e. The summed E-state index contributed by atoms with van der Waals surface area (Å²) >= 11 is 0. The van der Waals surface area contributed by atoms with Crippen LogP contribution in [-0.4, -0.2) is 55.0 Å². The van der Waals surface area contributed by atoms with E-state index in [-0.39, 0.29) is 30.3 Å². The van der Waals surface area contributed by atoms with Crippen LogP contribution in [-0.2, 0) is 15.0 Å². The highest BCUT2D eigenvalue weighted by Gasteiger charge is 2.55. The number of nitrogens with one attached hydrogen (secondary N) is 1. The van der Waals surface area contributed by atoms with E-state index in [1.54, 1.807) is 24.3 Å². The summed E-state index contributed by atoms with van der Waals surface area (Å²) in [6, 6.07) is 8.50. The van der Waals surface area contributed by atoms with Gasteiger partial charge in [-0.2, -0.15) is 18.0 Å². The second-order valence-corrected chi connectivity index (χ2v) is 11.6. The van der Waals surface area contributed by atoms with E-state index in [2.05, 4.69) is 5.32 Å². The van der Waals surface area contributed by atoms with Crippen LogP contribution in [0.3, 0.4) is 0 Å². The molecule has 31 heavy (non-hydrogen) atoms. The maximum atomic E-state index is 13.2. The van der Waals surface area contributed by atoms with Gasteiger partial charge in [0.1, 0.15) is 0 Å². The molecule has 1 heterocycles. The summed E-state index contributed by atoms with van der Waals surface area (Å²) in [7, 11) is -3.82. The maximum Gasteiger partial charge on any atom is 0.304 e. The number of anilines is 1. The highest BCUT2D eigenvalue weighted by atomic mass is 32.2. The van der Waals surface area contributed by atoms with Gasteiger partial charge in [-0.05, 0) is 80.5 Å². The number of hydrogen-bond acceptors (Lipinski definition) is 5. The lowest BCUT2D eigenvalue weighted by molar-refractivity contribution is -0.146. The minimum absolute atomic E-state index is 0.0337. The molecule has 5 aliphatic rings. The number of carbonyl (C=O) groups excluding carboxylic acids is 1. The molecule has 0 aromatic heterocycles. The topological polar surface area (TPSA) is 114 Å². The van der Waals surface area contributed by atoms with Crippen molar-refractivity contribution in [2.45, 2.75) is 50.2 Å². The fourth-order valence-corrected chi connectivity index (χ4v) is 8.16. The first-order valence-electron chi connectivity index (χ1n) is 11.1. The van der Waals surface area contributed by atoms with Crippen LogP contribution in [0.4, 0.5) is 5.69 Å². The number of hydrogen-bond donors (Lipinski definition) is 2. The minimum atomic E-state index is -3.82. The van der Waals surface area contributed by atoms with Crippen molar-refractivity contribution in [3.05, 3.63) is 29.8 Å². The maximum absolute atomic E-state index is 13.2. The Bertz CT molecular complexity index is 1000. The Morgan fingerprint density at radius 2 is 1.84 bits per heavy atom. The van der Waals surface area contributed by atoms with Gasteiger partial charge in [0.15, 0.2) is 0 Å². The second kappa shape index (κ2) is 7.47.